The van der Waals surface area contributed by atoms with Crippen molar-refractivity contribution in [1.82, 2.24) is 5.32 Å². The first-order chi connectivity index (χ1) is 8.65. The maximum Gasteiger partial charge on any atom is 0.00683 e. The molecule has 0 unspecified atom stereocenters. The van der Waals surface area contributed by atoms with Crippen LogP contribution >= 0.6 is 0 Å². The van der Waals surface area contributed by atoms with E-state index in [1.807, 2.05) is 0 Å². The summed E-state index contributed by atoms with van der Waals surface area (Å²) in [6, 6.07) is 7.93. The Labute approximate surface area is 111 Å². The largest absolute Gasteiger partial charge is 0.328 e. The van der Waals surface area contributed by atoms with Gasteiger partial charge in [-0.15, -0.1) is 0 Å². The van der Waals surface area contributed by atoms with Gasteiger partial charge in [0.15, 0.2) is 0 Å². The standard InChI is InChI=1S/C16H26N2/c1-12-3-4-14(11-13(12)2)9-10-18-16-7-5-15(17)6-8-16/h3-4,11,15-16,18H,5-10,17H2,1-2H3. The van der Waals surface area contributed by atoms with Crippen molar-refractivity contribution in [3.05, 3.63) is 34.9 Å². The smallest absolute Gasteiger partial charge is 0.00683 e. The Morgan fingerprint density at radius 3 is 2.50 bits per heavy atom. The zero-order chi connectivity index (χ0) is 13.0. The van der Waals surface area contributed by atoms with Gasteiger partial charge in [-0.3, -0.25) is 0 Å². The van der Waals surface area contributed by atoms with E-state index < -0.39 is 0 Å². The van der Waals surface area contributed by atoms with Crippen LogP contribution in [0.2, 0.25) is 0 Å². The minimum atomic E-state index is 0.447. The number of hydrogen-bond donors (Lipinski definition) is 2. The topological polar surface area (TPSA) is 38.0 Å². The summed E-state index contributed by atoms with van der Waals surface area (Å²) in [5.74, 6) is 0. The number of aryl methyl sites for hydroxylation is 2. The molecule has 0 amide bonds. The molecule has 0 saturated heterocycles. The van der Waals surface area contributed by atoms with E-state index in [2.05, 4.69) is 37.4 Å². The van der Waals surface area contributed by atoms with Crippen LogP contribution in [0.15, 0.2) is 18.2 Å². The Balaban J connectivity index is 1.73. The highest BCUT2D eigenvalue weighted by Gasteiger charge is 2.17. The molecule has 1 fully saturated rings. The van der Waals surface area contributed by atoms with E-state index >= 15 is 0 Å². The summed E-state index contributed by atoms with van der Waals surface area (Å²) < 4.78 is 0. The summed E-state index contributed by atoms with van der Waals surface area (Å²) in [6.07, 6.45) is 5.98. The van der Waals surface area contributed by atoms with E-state index in [0.717, 1.165) is 13.0 Å². The van der Waals surface area contributed by atoms with E-state index in [4.69, 9.17) is 5.73 Å². The van der Waals surface area contributed by atoms with Crippen LogP contribution in [0.5, 0.6) is 0 Å². The summed E-state index contributed by atoms with van der Waals surface area (Å²) in [5, 5.41) is 3.67. The lowest BCUT2D eigenvalue weighted by atomic mass is 9.92. The van der Waals surface area contributed by atoms with Gasteiger partial charge < -0.3 is 11.1 Å². The van der Waals surface area contributed by atoms with Gasteiger partial charge in [-0.05, 0) is 69.2 Å². The monoisotopic (exact) mass is 246 g/mol. The molecule has 1 aromatic rings. The van der Waals surface area contributed by atoms with Gasteiger partial charge >= 0.3 is 0 Å². The van der Waals surface area contributed by atoms with Crippen molar-refractivity contribution in [3.8, 4) is 0 Å². The third-order valence-electron chi connectivity index (χ3n) is 4.19. The molecule has 2 nitrogen and oxygen atoms in total. The van der Waals surface area contributed by atoms with Crippen LogP contribution in [0.3, 0.4) is 0 Å². The second-order valence-corrected chi connectivity index (χ2v) is 5.73. The fraction of sp³-hybridized carbons (Fsp3) is 0.625. The molecule has 1 saturated carbocycles. The molecule has 1 aromatic carbocycles. The highest BCUT2D eigenvalue weighted by atomic mass is 14.9. The van der Waals surface area contributed by atoms with Crippen LogP contribution in [0.25, 0.3) is 0 Å². The zero-order valence-electron chi connectivity index (χ0n) is 11.7. The highest BCUT2D eigenvalue weighted by Crippen LogP contribution is 2.17. The molecule has 2 rings (SSSR count). The van der Waals surface area contributed by atoms with Crippen LogP contribution in [0, 0.1) is 13.8 Å². The van der Waals surface area contributed by atoms with Gasteiger partial charge in [-0.2, -0.15) is 0 Å². The van der Waals surface area contributed by atoms with Gasteiger partial charge in [0.05, 0.1) is 0 Å². The predicted molar refractivity (Wildman–Crippen MR) is 77.9 cm³/mol. The van der Waals surface area contributed by atoms with Crippen molar-refractivity contribution in [2.24, 2.45) is 5.73 Å². The molecule has 0 radical (unpaired) electrons. The average Bonchev–Trinajstić information content (AvgIpc) is 2.36. The SMILES string of the molecule is Cc1ccc(CCNC2CCC(N)CC2)cc1C. The molecule has 1 aliphatic carbocycles. The van der Waals surface area contributed by atoms with Gasteiger partial charge in [0, 0.05) is 12.1 Å². The quantitative estimate of drug-likeness (QED) is 0.857. The number of benzene rings is 1. The van der Waals surface area contributed by atoms with Crippen LogP contribution in [0.1, 0.15) is 42.4 Å². The molecule has 3 N–H and O–H groups in total. The fourth-order valence-corrected chi connectivity index (χ4v) is 2.70. The van der Waals surface area contributed by atoms with E-state index in [9.17, 15) is 0 Å². The molecule has 0 bridgehead atoms. The van der Waals surface area contributed by atoms with Crippen LogP contribution in [-0.4, -0.2) is 18.6 Å². The third-order valence-corrected chi connectivity index (χ3v) is 4.19. The third kappa shape index (κ3) is 3.82. The van der Waals surface area contributed by atoms with Crippen molar-refractivity contribution in [1.29, 1.82) is 0 Å². The molecular formula is C16H26N2. The minimum Gasteiger partial charge on any atom is -0.328 e. The summed E-state index contributed by atoms with van der Waals surface area (Å²) in [7, 11) is 0. The van der Waals surface area contributed by atoms with Gasteiger partial charge in [0.2, 0.25) is 0 Å². The minimum absolute atomic E-state index is 0.447. The molecule has 0 spiro atoms. The highest BCUT2D eigenvalue weighted by molar-refractivity contribution is 5.30. The zero-order valence-corrected chi connectivity index (χ0v) is 11.7. The van der Waals surface area contributed by atoms with Crippen LogP contribution < -0.4 is 11.1 Å². The van der Waals surface area contributed by atoms with Crippen molar-refractivity contribution in [2.45, 2.75) is 58.0 Å². The van der Waals surface area contributed by atoms with Crippen molar-refractivity contribution in [2.75, 3.05) is 6.54 Å². The molecule has 0 atom stereocenters. The molecular weight excluding hydrogens is 220 g/mol. The number of nitrogens with one attached hydrogen (secondary N) is 1. The van der Waals surface area contributed by atoms with Crippen molar-refractivity contribution in [3.63, 3.8) is 0 Å². The Kier molecular flexibility index (Phi) is 4.79. The van der Waals surface area contributed by atoms with Crippen molar-refractivity contribution >= 4 is 0 Å². The summed E-state index contributed by atoms with van der Waals surface area (Å²) in [4.78, 5) is 0. The Morgan fingerprint density at radius 1 is 1.11 bits per heavy atom. The molecule has 18 heavy (non-hydrogen) atoms. The normalized spacial score (nSPS) is 24.2. The molecule has 2 heteroatoms. The molecule has 0 heterocycles. The molecule has 1 aliphatic rings. The van der Waals surface area contributed by atoms with E-state index in [-0.39, 0.29) is 0 Å². The molecule has 100 valence electrons. The molecule has 0 aromatic heterocycles. The van der Waals surface area contributed by atoms with Gasteiger partial charge in [-0.25, -0.2) is 0 Å². The Bertz CT molecular complexity index is 379. The van der Waals surface area contributed by atoms with Crippen LogP contribution in [0.4, 0.5) is 0 Å². The Hall–Kier alpha value is -0.860. The predicted octanol–water partition coefficient (Wildman–Crippen LogP) is 2.71. The summed E-state index contributed by atoms with van der Waals surface area (Å²) in [5.41, 5.74) is 10.1. The average molecular weight is 246 g/mol. The summed E-state index contributed by atoms with van der Waals surface area (Å²) in [6.45, 7) is 5.44. The number of rotatable bonds is 4. The maximum absolute atomic E-state index is 5.92. The second kappa shape index (κ2) is 6.35. The van der Waals surface area contributed by atoms with E-state index in [1.54, 1.807) is 0 Å². The number of hydrogen-bond acceptors (Lipinski definition) is 2. The van der Waals surface area contributed by atoms with Gasteiger partial charge in [-0.1, -0.05) is 18.2 Å². The first kappa shape index (κ1) is 13.6. The lowest BCUT2D eigenvalue weighted by molar-refractivity contribution is 0.344. The Morgan fingerprint density at radius 2 is 1.83 bits per heavy atom. The fourth-order valence-electron chi connectivity index (χ4n) is 2.70. The number of nitrogens with two attached hydrogens (primary N) is 1. The van der Waals surface area contributed by atoms with Crippen LogP contribution in [-0.2, 0) is 6.42 Å². The first-order valence-electron chi connectivity index (χ1n) is 7.20. The van der Waals surface area contributed by atoms with E-state index in [0.29, 0.717) is 12.1 Å². The summed E-state index contributed by atoms with van der Waals surface area (Å²) >= 11 is 0. The maximum atomic E-state index is 5.92. The lowest BCUT2D eigenvalue weighted by Crippen LogP contribution is -2.38. The first-order valence-corrected chi connectivity index (χ1v) is 7.20. The van der Waals surface area contributed by atoms with Crippen molar-refractivity contribution < 1.29 is 0 Å². The van der Waals surface area contributed by atoms with Gasteiger partial charge in [0.25, 0.3) is 0 Å². The van der Waals surface area contributed by atoms with Gasteiger partial charge in [0.1, 0.15) is 0 Å². The van der Waals surface area contributed by atoms with E-state index in [1.165, 1.54) is 42.4 Å². The second-order valence-electron chi connectivity index (χ2n) is 5.73. The molecule has 0 aliphatic heterocycles. The lowest BCUT2D eigenvalue weighted by Gasteiger charge is -2.27.